The van der Waals surface area contributed by atoms with E-state index in [2.05, 4.69) is 20.1 Å². The second-order valence-corrected chi connectivity index (χ2v) is 9.41. The summed E-state index contributed by atoms with van der Waals surface area (Å²) in [6.45, 7) is 1.95. The van der Waals surface area contributed by atoms with E-state index in [1.807, 2.05) is 79.6 Å². The Morgan fingerprint density at radius 3 is 2.60 bits per heavy atom. The average molecular weight is 533 g/mol. The Bertz CT molecular complexity index is 1860. The van der Waals surface area contributed by atoms with Crippen molar-refractivity contribution in [2.45, 2.75) is 6.92 Å². The molecule has 6 rings (SSSR count). The van der Waals surface area contributed by atoms with E-state index in [0.29, 0.717) is 34.5 Å². The van der Waals surface area contributed by atoms with Crippen molar-refractivity contribution < 1.29 is 18.6 Å². The van der Waals surface area contributed by atoms with Crippen molar-refractivity contribution in [2.75, 3.05) is 19.1 Å². The molecule has 0 saturated carbocycles. The summed E-state index contributed by atoms with van der Waals surface area (Å²) in [7, 11) is 5.27. The molecule has 0 aliphatic heterocycles. The number of benzene rings is 1. The highest BCUT2D eigenvalue weighted by Gasteiger charge is 2.21. The number of pyridine rings is 3. The monoisotopic (exact) mass is 532 g/mol. The molecule has 5 aromatic heterocycles. The first-order valence-corrected chi connectivity index (χ1v) is 12.6. The van der Waals surface area contributed by atoms with E-state index in [1.54, 1.807) is 48.0 Å². The van der Waals surface area contributed by atoms with Gasteiger partial charge in [0, 0.05) is 54.5 Å². The van der Waals surface area contributed by atoms with E-state index in [9.17, 15) is 4.79 Å². The lowest BCUT2D eigenvalue weighted by Gasteiger charge is -2.20. The van der Waals surface area contributed by atoms with Gasteiger partial charge in [-0.25, -0.2) is 14.5 Å². The molecule has 0 saturated heterocycles. The zero-order chi connectivity index (χ0) is 27.8. The summed E-state index contributed by atoms with van der Waals surface area (Å²) in [6.07, 6.45) is 9.10. The van der Waals surface area contributed by atoms with Gasteiger partial charge < -0.3 is 14.2 Å². The molecular weight excluding hydrogens is 506 g/mol. The van der Waals surface area contributed by atoms with Gasteiger partial charge in [-0.2, -0.15) is 4.98 Å². The second-order valence-electron chi connectivity index (χ2n) is 9.41. The van der Waals surface area contributed by atoms with Crippen LogP contribution in [0.1, 0.15) is 16.1 Å². The van der Waals surface area contributed by atoms with Gasteiger partial charge in [0.25, 0.3) is 11.8 Å². The molecule has 0 unspecified atom stereocenters. The number of rotatable bonds is 6. The second kappa shape index (κ2) is 10.1. The molecule has 0 radical (unpaired) electrons. The fourth-order valence-corrected chi connectivity index (χ4v) is 4.52. The van der Waals surface area contributed by atoms with Crippen LogP contribution in [-0.4, -0.2) is 44.6 Å². The number of carbonyl (C=O) groups is 1. The number of amides is 1. The van der Waals surface area contributed by atoms with E-state index in [1.165, 1.54) is 0 Å². The van der Waals surface area contributed by atoms with Gasteiger partial charge in [-0.05, 0) is 47.9 Å². The summed E-state index contributed by atoms with van der Waals surface area (Å²) in [6, 6.07) is 17.3. The van der Waals surface area contributed by atoms with Crippen LogP contribution >= 0.6 is 0 Å². The normalized spacial score (nSPS) is 11.1. The van der Waals surface area contributed by atoms with Crippen molar-refractivity contribution in [3.8, 4) is 39.8 Å². The van der Waals surface area contributed by atoms with Gasteiger partial charge in [0.05, 0.1) is 13.3 Å². The summed E-state index contributed by atoms with van der Waals surface area (Å²) >= 11 is 0. The van der Waals surface area contributed by atoms with Gasteiger partial charge in [-0.1, -0.05) is 17.3 Å². The number of aryl methyl sites for hydroxylation is 2. The highest BCUT2D eigenvalue weighted by molar-refractivity contribution is 6.05. The van der Waals surface area contributed by atoms with Crippen molar-refractivity contribution in [3.63, 3.8) is 0 Å². The molecule has 0 spiro atoms. The van der Waals surface area contributed by atoms with E-state index < -0.39 is 0 Å². The first-order chi connectivity index (χ1) is 19.4. The molecule has 5 heterocycles. The lowest BCUT2D eigenvalue weighted by Crippen LogP contribution is -2.28. The predicted octanol–water partition coefficient (Wildman–Crippen LogP) is 4.53. The van der Waals surface area contributed by atoms with Crippen molar-refractivity contribution in [1.82, 2.24) is 24.5 Å². The maximum Gasteiger partial charge on any atom is 0.276 e. The summed E-state index contributed by atoms with van der Waals surface area (Å²) in [5, 5.41) is 4.16. The Labute approximate surface area is 230 Å². The Morgan fingerprint density at radius 1 is 0.975 bits per heavy atom. The molecule has 0 bridgehead atoms. The van der Waals surface area contributed by atoms with Crippen molar-refractivity contribution in [3.05, 3.63) is 96.8 Å². The Hall–Kier alpha value is -5.38. The third kappa shape index (κ3) is 4.55. The third-order valence-corrected chi connectivity index (χ3v) is 6.79. The van der Waals surface area contributed by atoms with Crippen molar-refractivity contribution in [2.24, 2.45) is 7.05 Å². The minimum atomic E-state index is -0.190. The van der Waals surface area contributed by atoms with Gasteiger partial charge in [0.2, 0.25) is 11.7 Å². The van der Waals surface area contributed by atoms with E-state index in [-0.39, 0.29) is 5.91 Å². The SMILES string of the molecule is COc1cc(-c2nc(-c3ccc(C)c(N(C)C(=O)c4cnc5cc(-c6cc[n+](C)cc6)ccn45)c3)no2)ccn1. The lowest BCUT2D eigenvalue weighted by atomic mass is 10.1. The van der Waals surface area contributed by atoms with Crippen LogP contribution in [0.5, 0.6) is 5.88 Å². The molecule has 0 fully saturated rings. The molecule has 6 aromatic rings. The smallest absolute Gasteiger partial charge is 0.276 e. The maximum atomic E-state index is 13.7. The fraction of sp³-hybridized carbons (Fsp3) is 0.133. The number of nitrogens with zero attached hydrogens (tertiary/aromatic N) is 7. The van der Waals surface area contributed by atoms with Crippen LogP contribution in [0.15, 0.2) is 90.1 Å². The number of methoxy groups -OCH3 is 1. The van der Waals surface area contributed by atoms with Crippen LogP contribution in [0, 0.1) is 6.92 Å². The third-order valence-electron chi connectivity index (χ3n) is 6.79. The van der Waals surface area contributed by atoms with Gasteiger partial charge >= 0.3 is 0 Å². The zero-order valence-electron chi connectivity index (χ0n) is 22.4. The van der Waals surface area contributed by atoms with Gasteiger partial charge in [-0.3, -0.25) is 9.20 Å². The van der Waals surface area contributed by atoms with Gasteiger partial charge in [0.15, 0.2) is 12.4 Å². The summed E-state index contributed by atoms with van der Waals surface area (Å²) in [4.78, 5) is 28.4. The standard InChI is InChI=1S/C30H26N7O3/c1-19-5-6-22(28-33-29(40-34-28)23-7-11-31-27(17-23)39-4)15-24(19)36(3)30(38)25-18-32-26-16-21(10-14-37(25)26)20-8-12-35(2)13-9-20/h5-18H,1-4H3/q+1. The number of anilines is 1. The molecule has 0 aliphatic carbocycles. The van der Waals surface area contributed by atoms with E-state index in [4.69, 9.17) is 9.26 Å². The zero-order valence-corrected chi connectivity index (χ0v) is 22.4. The minimum absolute atomic E-state index is 0.190. The number of ether oxygens (including phenoxy) is 1. The van der Waals surface area contributed by atoms with Crippen LogP contribution < -0.4 is 14.2 Å². The molecule has 1 aromatic carbocycles. The highest BCUT2D eigenvalue weighted by Crippen LogP contribution is 2.29. The Morgan fingerprint density at radius 2 is 1.80 bits per heavy atom. The average Bonchev–Trinajstić information content (AvgIpc) is 3.65. The van der Waals surface area contributed by atoms with Crippen LogP contribution in [0.3, 0.4) is 0 Å². The van der Waals surface area contributed by atoms with Crippen LogP contribution in [-0.2, 0) is 7.05 Å². The topological polar surface area (TPSA) is 103 Å². The number of hydrogen-bond donors (Lipinski definition) is 0. The number of hydrogen-bond acceptors (Lipinski definition) is 7. The molecule has 10 nitrogen and oxygen atoms in total. The molecule has 1 amide bonds. The molecule has 40 heavy (non-hydrogen) atoms. The van der Waals surface area contributed by atoms with E-state index >= 15 is 0 Å². The largest absolute Gasteiger partial charge is 0.481 e. The molecule has 0 N–H and O–H groups in total. The maximum absolute atomic E-state index is 13.7. The Kier molecular flexibility index (Phi) is 6.27. The van der Waals surface area contributed by atoms with Crippen molar-refractivity contribution in [1.29, 1.82) is 0 Å². The van der Waals surface area contributed by atoms with Crippen molar-refractivity contribution >= 4 is 17.2 Å². The number of carbonyl (C=O) groups excluding carboxylic acids is 1. The quantitative estimate of drug-likeness (QED) is 0.290. The summed E-state index contributed by atoms with van der Waals surface area (Å²) in [5.74, 6) is 1.01. The number of imidazole rings is 1. The van der Waals surface area contributed by atoms with E-state index in [0.717, 1.165) is 27.9 Å². The minimum Gasteiger partial charge on any atom is -0.481 e. The summed E-state index contributed by atoms with van der Waals surface area (Å²) < 4.78 is 14.5. The number of aromatic nitrogens is 6. The summed E-state index contributed by atoms with van der Waals surface area (Å²) in [5.41, 5.74) is 6.33. The molecule has 0 atom stereocenters. The van der Waals surface area contributed by atoms with Crippen LogP contribution in [0.2, 0.25) is 0 Å². The predicted molar refractivity (Wildman–Crippen MR) is 149 cm³/mol. The molecular formula is C30H26N7O3+. The van der Waals surface area contributed by atoms with Crippen LogP contribution in [0.4, 0.5) is 5.69 Å². The molecule has 0 aliphatic rings. The van der Waals surface area contributed by atoms with Crippen LogP contribution in [0.25, 0.3) is 39.6 Å². The lowest BCUT2D eigenvalue weighted by molar-refractivity contribution is -0.671. The fourth-order valence-electron chi connectivity index (χ4n) is 4.52. The first-order valence-electron chi connectivity index (χ1n) is 12.6. The first kappa shape index (κ1) is 24.9. The van der Waals surface area contributed by atoms with Gasteiger partial charge in [-0.15, -0.1) is 0 Å². The molecule has 198 valence electrons. The van der Waals surface area contributed by atoms with Gasteiger partial charge in [0.1, 0.15) is 18.4 Å². The highest BCUT2D eigenvalue weighted by atomic mass is 16.5. The Balaban J connectivity index is 1.28. The molecule has 10 heteroatoms. The number of fused-ring (bicyclic) bond motifs is 1.